The molecule has 4 nitrogen and oxygen atoms in total. The number of carbonyl (C=O) groups is 1. The first-order valence-electron chi connectivity index (χ1n) is 5.05. The van der Waals surface area contributed by atoms with Crippen LogP contribution < -0.4 is 11.1 Å². The molecular formula is C9H17N3O. The Hall–Kier alpha value is -0.610. The number of hydrogen-bond acceptors (Lipinski definition) is 3. The fourth-order valence-electron chi connectivity index (χ4n) is 2.11. The molecule has 0 radical (unpaired) electrons. The van der Waals surface area contributed by atoms with Gasteiger partial charge >= 0.3 is 0 Å². The zero-order chi connectivity index (χ0) is 9.26. The van der Waals surface area contributed by atoms with Crippen molar-refractivity contribution >= 4 is 5.91 Å². The topological polar surface area (TPSA) is 58.4 Å². The maximum Gasteiger partial charge on any atom is 0.239 e. The Morgan fingerprint density at radius 1 is 1.38 bits per heavy atom. The third-order valence-corrected chi connectivity index (χ3v) is 2.88. The molecular weight excluding hydrogens is 166 g/mol. The van der Waals surface area contributed by atoms with Crippen LogP contribution >= 0.6 is 0 Å². The van der Waals surface area contributed by atoms with Crippen LogP contribution in [0.25, 0.3) is 0 Å². The van der Waals surface area contributed by atoms with Crippen LogP contribution in [0.15, 0.2) is 0 Å². The van der Waals surface area contributed by atoms with E-state index in [1.807, 2.05) is 4.90 Å². The Morgan fingerprint density at radius 3 is 2.62 bits per heavy atom. The Labute approximate surface area is 78.5 Å². The number of likely N-dealkylation sites (tertiary alicyclic amines) is 1. The van der Waals surface area contributed by atoms with E-state index in [9.17, 15) is 4.79 Å². The predicted molar refractivity (Wildman–Crippen MR) is 50.2 cm³/mol. The molecule has 2 aliphatic rings. The first kappa shape index (κ1) is 8.97. The minimum absolute atomic E-state index is 0.00639. The molecule has 3 N–H and O–H groups in total. The van der Waals surface area contributed by atoms with Crippen molar-refractivity contribution in [3.63, 3.8) is 0 Å². The van der Waals surface area contributed by atoms with Gasteiger partial charge in [0.15, 0.2) is 0 Å². The molecule has 2 aliphatic heterocycles. The van der Waals surface area contributed by atoms with Gasteiger partial charge in [-0.3, -0.25) is 4.79 Å². The van der Waals surface area contributed by atoms with Crippen LogP contribution in [0.5, 0.6) is 0 Å². The minimum Gasteiger partial charge on any atom is -0.341 e. The molecule has 0 spiro atoms. The number of rotatable bonds is 1. The van der Waals surface area contributed by atoms with Crippen molar-refractivity contribution in [3.05, 3.63) is 0 Å². The zero-order valence-electron chi connectivity index (χ0n) is 7.83. The lowest BCUT2D eigenvalue weighted by molar-refractivity contribution is -0.132. The highest BCUT2D eigenvalue weighted by Crippen LogP contribution is 2.13. The van der Waals surface area contributed by atoms with Gasteiger partial charge in [-0.15, -0.1) is 0 Å². The first-order chi connectivity index (χ1) is 6.27. The lowest BCUT2D eigenvalue weighted by Gasteiger charge is -2.19. The zero-order valence-corrected chi connectivity index (χ0v) is 7.83. The summed E-state index contributed by atoms with van der Waals surface area (Å²) in [7, 11) is 0. The number of nitrogens with zero attached hydrogens (tertiary/aromatic N) is 1. The number of nitrogens with two attached hydrogens (primary N) is 1. The molecule has 0 aliphatic carbocycles. The maximum atomic E-state index is 11.8. The molecule has 0 unspecified atom stereocenters. The van der Waals surface area contributed by atoms with Crippen LogP contribution in [0.1, 0.15) is 19.3 Å². The van der Waals surface area contributed by atoms with Crippen molar-refractivity contribution in [2.75, 3.05) is 19.6 Å². The molecule has 0 aromatic rings. The summed E-state index contributed by atoms with van der Waals surface area (Å²) in [5.41, 5.74) is 5.73. The van der Waals surface area contributed by atoms with Crippen LogP contribution in [0.3, 0.4) is 0 Å². The molecule has 2 heterocycles. The standard InChI is InChI=1S/C9H17N3O/c10-7-5-8(11-6-7)9(13)12-3-1-2-4-12/h7-8,11H,1-6,10H2/t7-,8-/m0/s1. The van der Waals surface area contributed by atoms with Gasteiger partial charge < -0.3 is 16.0 Å². The van der Waals surface area contributed by atoms with Gasteiger partial charge in [-0.05, 0) is 19.3 Å². The van der Waals surface area contributed by atoms with Gasteiger partial charge in [-0.25, -0.2) is 0 Å². The van der Waals surface area contributed by atoms with E-state index in [1.165, 1.54) is 0 Å². The van der Waals surface area contributed by atoms with Gasteiger partial charge in [0.25, 0.3) is 0 Å². The smallest absolute Gasteiger partial charge is 0.239 e. The number of amides is 1. The summed E-state index contributed by atoms with van der Waals surface area (Å²) < 4.78 is 0. The number of hydrogen-bond donors (Lipinski definition) is 2. The highest BCUT2D eigenvalue weighted by Gasteiger charge is 2.31. The molecule has 74 valence electrons. The average Bonchev–Trinajstić information content (AvgIpc) is 2.72. The lowest BCUT2D eigenvalue weighted by Crippen LogP contribution is -2.42. The summed E-state index contributed by atoms with van der Waals surface area (Å²) in [6, 6.07) is 0.157. The summed E-state index contributed by atoms with van der Waals surface area (Å²) >= 11 is 0. The molecule has 2 rings (SSSR count). The highest BCUT2D eigenvalue weighted by molar-refractivity contribution is 5.82. The molecule has 2 atom stereocenters. The normalized spacial score (nSPS) is 34.1. The van der Waals surface area contributed by atoms with Crippen molar-refractivity contribution in [2.24, 2.45) is 5.73 Å². The van der Waals surface area contributed by atoms with Crippen molar-refractivity contribution in [1.29, 1.82) is 0 Å². The molecule has 2 fully saturated rings. The van der Waals surface area contributed by atoms with E-state index in [0.717, 1.165) is 38.9 Å². The summed E-state index contributed by atoms with van der Waals surface area (Å²) in [4.78, 5) is 13.8. The fourth-order valence-corrected chi connectivity index (χ4v) is 2.11. The van der Waals surface area contributed by atoms with Gasteiger partial charge in [0, 0.05) is 25.7 Å². The Morgan fingerprint density at radius 2 is 2.08 bits per heavy atom. The van der Waals surface area contributed by atoms with Crippen LogP contribution in [0, 0.1) is 0 Å². The van der Waals surface area contributed by atoms with Crippen LogP contribution in [-0.4, -0.2) is 42.5 Å². The van der Waals surface area contributed by atoms with Crippen LogP contribution in [0.4, 0.5) is 0 Å². The van der Waals surface area contributed by atoms with Crippen LogP contribution in [-0.2, 0) is 4.79 Å². The second-order valence-electron chi connectivity index (χ2n) is 3.99. The molecule has 1 amide bonds. The third-order valence-electron chi connectivity index (χ3n) is 2.88. The van der Waals surface area contributed by atoms with Crippen LogP contribution in [0.2, 0.25) is 0 Å². The summed E-state index contributed by atoms with van der Waals surface area (Å²) in [6.07, 6.45) is 3.12. The Kier molecular flexibility index (Phi) is 2.51. The quantitative estimate of drug-likeness (QED) is 0.565. The van der Waals surface area contributed by atoms with Crippen molar-refractivity contribution < 1.29 is 4.79 Å². The lowest BCUT2D eigenvalue weighted by atomic mass is 10.1. The van der Waals surface area contributed by atoms with Crippen molar-refractivity contribution in [3.8, 4) is 0 Å². The molecule has 13 heavy (non-hydrogen) atoms. The molecule has 0 aromatic carbocycles. The minimum atomic E-state index is -0.00639. The summed E-state index contributed by atoms with van der Waals surface area (Å²) in [5, 5.41) is 3.17. The van der Waals surface area contributed by atoms with E-state index in [2.05, 4.69) is 5.32 Å². The van der Waals surface area contributed by atoms with Crippen molar-refractivity contribution in [1.82, 2.24) is 10.2 Å². The monoisotopic (exact) mass is 183 g/mol. The number of nitrogens with one attached hydrogen (secondary N) is 1. The first-order valence-corrected chi connectivity index (χ1v) is 5.05. The molecule has 2 saturated heterocycles. The van der Waals surface area contributed by atoms with Gasteiger partial charge in [0.2, 0.25) is 5.91 Å². The van der Waals surface area contributed by atoms with E-state index in [0.29, 0.717) is 0 Å². The second-order valence-corrected chi connectivity index (χ2v) is 3.99. The number of carbonyl (C=O) groups excluding carboxylic acids is 1. The molecule has 0 saturated carbocycles. The van der Waals surface area contributed by atoms with Gasteiger partial charge in [-0.1, -0.05) is 0 Å². The molecule has 4 heteroatoms. The van der Waals surface area contributed by atoms with E-state index in [4.69, 9.17) is 5.73 Å². The molecule has 0 bridgehead atoms. The average molecular weight is 183 g/mol. The summed E-state index contributed by atoms with van der Waals surface area (Å²) in [6.45, 7) is 2.66. The predicted octanol–water partition coefficient (Wildman–Crippen LogP) is -0.702. The van der Waals surface area contributed by atoms with E-state index in [1.54, 1.807) is 0 Å². The van der Waals surface area contributed by atoms with Gasteiger partial charge in [-0.2, -0.15) is 0 Å². The highest BCUT2D eigenvalue weighted by atomic mass is 16.2. The molecule has 0 aromatic heterocycles. The largest absolute Gasteiger partial charge is 0.341 e. The van der Waals surface area contributed by atoms with E-state index in [-0.39, 0.29) is 18.0 Å². The van der Waals surface area contributed by atoms with Crippen molar-refractivity contribution in [2.45, 2.75) is 31.3 Å². The second kappa shape index (κ2) is 3.64. The van der Waals surface area contributed by atoms with Gasteiger partial charge in [0.05, 0.1) is 6.04 Å². The van der Waals surface area contributed by atoms with E-state index < -0.39 is 0 Å². The fraction of sp³-hybridized carbons (Fsp3) is 0.889. The maximum absolute atomic E-state index is 11.8. The van der Waals surface area contributed by atoms with Gasteiger partial charge in [0.1, 0.15) is 0 Å². The van der Waals surface area contributed by atoms with E-state index >= 15 is 0 Å². The summed E-state index contributed by atoms with van der Waals surface area (Å²) in [5.74, 6) is 0.255. The SMILES string of the molecule is N[C@@H]1CN[C@H](C(=O)N2CCCC2)C1. The Bertz CT molecular complexity index is 201. The third kappa shape index (κ3) is 1.84. The Balaban J connectivity index is 1.89.